The van der Waals surface area contributed by atoms with E-state index in [9.17, 15) is 0 Å². The molecule has 1 aromatic heterocycles. The van der Waals surface area contributed by atoms with Gasteiger partial charge in [-0.05, 0) is 13.3 Å². The van der Waals surface area contributed by atoms with Crippen molar-refractivity contribution in [3.63, 3.8) is 0 Å². The summed E-state index contributed by atoms with van der Waals surface area (Å²) < 4.78 is 5.33. The molecular formula is C12H20N4O. The topological polar surface area (TPSA) is 64.3 Å². The number of anilines is 1. The quantitative estimate of drug-likeness (QED) is 0.832. The molecule has 1 aromatic rings. The van der Waals surface area contributed by atoms with E-state index in [2.05, 4.69) is 21.8 Å². The second-order valence-corrected chi connectivity index (χ2v) is 4.62. The third-order valence-electron chi connectivity index (χ3n) is 2.98. The maximum atomic E-state index is 6.22. The van der Waals surface area contributed by atoms with E-state index in [0.29, 0.717) is 12.5 Å². The summed E-state index contributed by atoms with van der Waals surface area (Å²) in [6.07, 6.45) is 5.57. The highest BCUT2D eigenvalue weighted by Gasteiger charge is 2.39. The van der Waals surface area contributed by atoms with E-state index >= 15 is 0 Å². The lowest BCUT2D eigenvalue weighted by atomic mass is 9.86. The Morgan fingerprint density at radius 2 is 2.18 bits per heavy atom. The van der Waals surface area contributed by atoms with Crippen molar-refractivity contribution in [2.24, 2.45) is 5.73 Å². The minimum Gasteiger partial charge on any atom is -0.477 e. The smallest absolute Gasteiger partial charge is 0.234 e. The fourth-order valence-electron chi connectivity index (χ4n) is 2.24. The number of ether oxygens (including phenoxy) is 1. The van der Waals surface area contributed by atoms with E-state index in [0.717, 1.165) is 31.7 Å². The van der Waals surface area contributed by atoms with Crippen LogP contribution >= 0.6 is 0 Å². The minimum atomic E-state index is -0.0436. The van der Waals surface area contributed by atoms with Crippen LogP contribution in [0.4, 0.5) is 5.82 Å². The predicted molar refractivity (Wildman–Crippen MR) is 67.2 cm³/mol. The van der Waals surface area contributed by atoms with E-state index < -0.39 is 0 Å². The Bertz CT molecular complexity index is 377. The molecule has 0 unspecified atom stereocenters. The van der Waals surface area contributed by atoms with E-state index in [-0.39, 0.29) is 5.54 Å². The second-order valence-electron chi connectivity index (χ2n) is 4.62. The molecule has 2 rings (SSSR count). The summed E-state index contributed by atoms with van der Waals surface area (Å²) in [6, 6.07) is 0. The fraction of sp³-hybridized carbons (Fsp3) is 0.667. The Balaban J connectivity index is 1.98. The van der Waals surface area contributed by atoms with Gasteiger partial charge in [-0.15, -0.1) is 0 Å². The third kappa shape index (κ3) is 2.66. The first-order chi connectivity index (χ1) is 8.17. The first-order valence-electron chi connectivity index (χ1n) is 6.15. The summed E-state index contributed by atoms with van der Waals surface area (Å²) in [5, 5.41) is 0. The van der Waals surface area contributed by atoms with Gasteiger partial charge in [0.1, 0.15) is 0 Å². The molecular weight excluding hydrogens is 216 g/mol. The van der Waals surface area contributed by atoms with Crippen LogP contribution in [0.3, 0.4) is 0 Å². The van der Waals surface area contributed by atoms with Crippen LogP contribution < -0.4 is 15.4 Å². The monoisotopic (exact) mass is 236 g/mol. The first kappa shape index (κ1) is 12.1. The number of aromatic nitrogens is 2. The van der Waals surface area contributed by atoms with Gasteiger partial charge in [-0.1, -0.05) is 13.3 Å². The predicted octanol–water partition coefficient (Wildman–Crippen LogP) is 1.19. The van der Waals surface area contributed by atoms with Crippen LogP contribution in [0.25, 0.3) is 0 Å². The van der Waals surface area contributed by atoms with Crippen LogP contribution in [-0.4, -0.2) is 35.2 Å². The SMILES string of the molecule is CCCC1(N)CN(c2cncc(OCC)n2)C1. The van der Waals surface area contributed by atoms with Gasteiger partial charge in [0, 0.05) is 13.1 Å². The van der Waals surface area contributed by atoms with Gasteiger partial charge in [-0.25, -0.2) is 0 Å². The molecule has 17 heavy (non-hydrogen) atoms. The molecule has 1 fully saturated rings. The van der Waals surface area contributed by atoms with Crippen molar-refractivity contribution in [3.8, 4) is 5.88 Å². The summed E-state index contributed by atoms with van der Waals surface area (Å²) in [7, 11) is 0. The molecule has 0 amide bonds. The summed E-state index contributed by atoms with van der Waals surface area (Å²) in [4.78, 5) is 10.7. The average molecular weight is 236 g/mol. The highest BCUT2D eigenvalue weighted by molar-refractivity contribution is 5.43. The lowest BCUT2D eigenvalue weighted by Gasteiger charge is -2.48. The molecule has 1 saturated heterocycles. The van der Waals surface area contributed by atoms with E-state index in [4.69, 9.17) is 10.5 Å². The zero-order valence-electron chi connectivity index (χ0n) is 10.5. The lowest BCUT2D eigenvalue weighted by Crippen LogP contribution is -2.67. The molecule has 5 nitrogen and oxygen atoms in total. The summed E-state index contributed by atoms with van der Waals surface area (Å²) in [5.41, 5.74) is 6.17. The van der Waals surface area contributed by atoms with Gasteiger partial charge in [0.25, 0.3) is 0 Å². The summed E-state index contributed by atoms with van der Waals surface area (Å²) >= 11 is 0. The van der Waals surface area contributed by atoms with Crippen molar-refractivity contribution in [3.05, 3.63) is 12.4 Å². The molecule has 2 N–H and O–H groups in total. The molecule has 2 heterocycles. The second kappa shape index (κ2) is 4.87. The van der Waals surface area contributed by atoms with Crippen LogP contribution in [0.15, 0.2) is 12.4 Å². The Morgan fingerprint density at radius 1 is 1.41 bits per heavy atom. The molecule has 0 atom stereocenters. The van der Waals surface area contributed by atoms with Crippen LogP contribution in [0.1, 0.15) is 26.7 Å². The minimum absolute atomic E-state index is 0.0436. The van der Waals surface area contributed by atoms with E-state index in [1.54, 1.807) is 12.4 Å². The standard InChI is InChI=1S/C12H20N4O/c1-3-5-12(13)8-16(9-12)10-6-14-7-11(15-10)17-4-2/h6-7H,3-5,8-9,13H2,1-2H3. The summed E-state index contributed by atoms with van der Waals surface area (Å²) in [6.45, 7) is 6.40. The Morgan fingerprint density at radius 3 is 2.82 bits per heavy atom. The fourth-order valence-corrected chi connectivity index (χ4v) is 2.24. The zero-order valence-corrected chi connectivity index (χ0v) is 10.5. The Kier molecular flexibility index (Phi) is 3.47. The highest BCUT2D eigenvalue weighted by Crippen LogP contribution is 2.28. The normalized spacial score (nSPS) is 17.7. The Labute approximate surface area is 102 Å². The van der Waals surface area contributed by atoms with Crippen molar-refractivity contribution in [2.45, 2.75) is 32.2 Å². The molecule has 0 spiro atoms. The van der Waals surface area contributed by atoms with Crippen LogP contribution in [0.2, 0.25) is 0 Å². The molecule has 0 aromatic carbocycles. The maximum absolute atomic E-state index is 6.22. The molecule has 1 aliphatic rings. The zero-order chi connectivity index (χ0) is 12.3. The van der Waals surface area contributed by atoms with Gasteiger partial charge < -0.3 is 15.4 Å². The number of nitrogens with zero attached hydrogens (tertiary/aromatic N) is 3. The van der Waals surface area contributed by atoms with Gasteiger partial charge in [0.2, 0.25) is 5.88 Å². The van der Waals surface area contributed by atoms with Crippen molar-refractivity contribution < 1.29 is 4.74 Å². The Hall–Kier alpha value is -1.36. The molecule has 0 bridgehead atoms. The van der Waals surface area contributed by atoms with Crippen LogP contribution in [0, 0.1) is 0 Å². The number of hydrogen-bond acceptors (Lipinski definition) is 5. The van der Waals surface area contributed by atoms with Crippen molar-refractivity contribution in [2.75, 3.05) is 24.6 Å². The average Bonchev–Trinajstić information content (AvgIpc) is 2.27. The lowest BCUT2D eigenvalue weighted by molar-refractivity contribution is 0.300. The van der Waals surface area contributed by atoms with Crippen molar-refractivity contribution in [1.29, 1.82) is 0 Å². The van der Waals surface area contributed by atoms with E-state index in [1.165, 1.54) is 0 Å². The van der Waals surface area contributed by atoms with Gasteiger partial charge in [0.05, 0.1) is 24.5 Å². The van der Waals surface area contributed by atoms with Crippen LogP contribution in [0.5, 0.6) is 5.88 Å². The molecule has 0 radical (unpaired) electrons. The summed E-state index contributed by atoms with van der Waals surface area (Å²) in [5.74, 6) is 1.43. The van der Waals surface area contributed by atoms with Gasteiger partial charge in [-0.3, -0.25) is 4.98 Å². The van der Waals surface area contributed by atoms with Gasteiger partial charge >= 0.3 is 0 Å². The molecule has 0 saturated carbocycles. The maximum Gasteiger partial charge on any atom is 0.234 e. The van der Waals surface area contributed by atoms with Crippen molar-refractivity contribution >= 4 is 5.82 Å². The van der Waals surface area contributed by atoms with Crippen molar-refractivity contribution in [1.82, 2.24) is 9.97 Å². The number of hydrogen-bond donors (Lipinski definition) is 1. The molecule has 0 aliphatic carbocycles. The molecule has 94 valence electrons. The van der Waals surface area contributed by atoms with Crippen LogP contribution in [-0.2, 0) is 0 Å². The largest absolute Gasteiger partial charge is 0.477 e. The molecule has 5 heteroatoms. The first-order valence-corrected chi connectivity index (χ1v) is 6.15. The third-order valence-corrected chi connectivity index (χ3v) is 2.98. The van der Waals surface area contributed by atoms with E-state index in [1.807, 2.05) is 6.92 Å². The number of rotatable bonds is 5. The number of nitrogens with two attached hydrogens (primary N) is 1. The van der Waals surface area contributed by atoms with Gasteiger partial charge in [-0.2, -0.15) is 4.98 Å². The highest BCUT2D eigenvalue weighted by atomic mass is 16.5. The molecule has 1 aliphatic heterocycles. The van der Waals surface area contributed by atoms with Gasteiger partial charge in [0.15, 0.2) is 5.82 Å².